The van der Waals surface area contributed by atoms with Crippen LogP contribution in [0.5, 0.6) is 0 Å². The largest absolute Gasteiger partial charge is 0.383 e. The van der Waals surface area contributed by atoms with Crippen LogP contribution in [0.15, 0.2) is 27.6 Å². The molecule has 27 heavy (non-hydrogen) atoms. The number of rotatable bonds is 7. The topological polar surface area (TPSA) is 113 Å². The Morgan fingerprint density at radius 3 is 2.37 bits per heavy atom. The number of hydrogen-bond acceptors (Lipinski definition) is 6. The molecule has 1 fully saturated rings. The van der Waals surface area contributed by atoms with E-state index in [0.717, 1.165) is 6.26 Å². The molecule has 1 saturated heterocycles. The Bertz CT molecular complexity index is 896. The van der Waals surface area contributed by atoms with Crippen LogP contribution in [0, 0.1) is 0 Å². The summed E-state index contributed by atoms with van der Waals surface area (Å²) in [5, 5.41) is 0. The summed E-state index contributed by atoms with van der Waals surface area (Å²) in [7, 11) is -5.60. The number of carbonyl (C=O) groups is 1. The van der Waals surface area contributed by atoms with Crippen molar-refractivity contribution in [1.82, 2.24) is 13.9 Å². The van der Waals surface area contributed by atoms with Crippen molar-refractivity contribution in [3.63, 3.8) is 0 Å². The maximum Gasteiger partial charge on any atom is 0.255 e. The molecule has 0 atom stereocenters. The van der Waals surface area contributed by atoms with Crippen molar-refractivity contribution in [2.45, 2.75) is 4.90 Å². The number of methoxy groups -OCH3 is 1. The van der Waals surface area contributed by atoms with Gasteiger partial charge in [-0.05, 0) is 34.1 Å². The minimum atomic E-state index is -3.77. The van der Waals surface area contributed by atoms with Gasteiger partial charge in [0.25, 0.3) is 5.91 Å². The van der Waals surface area contributed by atoms with Gasteiger partial charge in [-0.2, -0.15) is 4.31 Å². The van der Waals surface area contributed by atoms with Gasteiger partial charge in [0.1, 0.15) is 0 Å². The molecule has 1 aromatic rings. The van der Waals surface area contributed by atoms with Crippen molar-refractivity contribution in [1.29, 1.82) is 0 Å². The predicted molar refractivity (Wildman–Crippen MR) is 104 cm³/mol. The second-order valence-corrected chi connectivity index (χ2v) is 10.6. The number of nitrogens with one attached hydrogen (secondary N) is 1. The highest BCUT2D eigenvalue weighted by Crippen LogP contribution is 2.23. The van der Waals surface area contributed by atoms with Crippen LogP contribution < -0.4 is 4.72 Å². The Morgan fingerprint density at radius 1 is 1.19 bits per heavy atom. The summed E-state index contributed by atoms with van der Waals surface area (Å²) in [6.07, 6.45) is 1.13. The summed E-state index contributed by atoms with van der Waals surface area (Å²) in [6.45, 7) is 1.23. The fourth-order valence-corrected chi connectivity index (χ4v) is 4.87. The Labute approximate surface area is 167 Å². The molecule has 152 valence electrons. The first-order chi connectivity index (χ1) is 12.6. The number of sulfonamides is 2. The zero-order valence-electron chi connectivity index (χ0n) is 15.0. The number of hydrogen-bond donors (Lipinski definition) is 1. The van der Waals surface area contributed by atoms with Gasteiger partial charge in [0, 0.05) is 44.3 Å². The van der Waals surface area contributed by atoms with Gasteiger partial charge in [0.05, 0.1) is 23.3 Å². The van der Waals surface area contributed by atoms with Crippen LogP contribution in [0.25, 0.3) is 0 Å². The molecule has 1 aliphatic heterocycles. The van der Waals surface area contributed by atoms with Crippen molar-refractivity contribution in [3.8, 4) is 0 Å². The maximum atomic E-state index is 12.8. The normalized spacial score (nSPS) is 16.5. The molecule has 0 bridgehead atoms. The average molecular weight is 484 g/mol. The first kappa shape index (κ1) is 22.2. The number of ether oxygens (including phenoxy) is 1. The van der Waals surface area contributed by atoms with Gasteiger partial charge in [-0.1, -0.05) is 0 Å². The molecule has 1 N–H and O–H groups in total. The highest BCUT2D eigenvalue weighted by Gasteiger charge is 2.28. The summed E-state index contributed by atoms with van der Waals surface area (Å²) in [5.41, 5.74) is 0.206. The molecule has 1 amide bonds. The number of piperazine rings is 1. The monoisotopic (exact) mass is 483 g/mol. The summed E-state index contributed by atoms with van der Waals surface area (Å²) in [6, 6.07) is 4.22. The van der Waals surface area contributed by atoms with Crippen LogP contribution in [-0.4, -0.2) is 84.6 Å². The Balaban J connectivity index is 2.17. The van der Waals surface area contributed by atoms with Crippen molar-refractivity contribution in [3.05, 3.63) is 28.2 Å². The van der Waals surface area contributed by atoms with Gasteiger partial charge in [-0.25, -0.2) is 21.6 Å². The Hall–Kier alpha value is -1.05. The Kier molecular flexibility index (Phi) is 7.39. The summed E-state index contributed by atoms with van der Waals surface area (Å²) < 4.78 is 56.8. The van der Waals surface area contributed by atoms with Gasteiger partial charge < -0.3 is 9.64 Å². The number of nitrogens with zero attached hydrogens (tertiary/aromatic N) is 2. The Morgan fingerprint density at radius 2 is 1.81 bits per heavy atom. The maximum absolute atomic E-state index is 12.8. The van der Waals surface area contributed by atoms with Gasteiger partial charge in [-0.15, -0.1) is 0 Å². The third-order valence-electron chi connectivity index (χ3n) is 4.07. The summed E-state index contributed by atoms with van der Waals surface area (Å²) in [4.78, 5) is 14.3. The van der Waals surface area contributed by atoms with Gasteiger partial charge in [0.2, 0.25) is 20.0 Å². The molecular weight excluding hydrogens is 462 g/mol. The fourth-order valence-electron chi connectivity index (χ4n) is 2.59. The van der Waals surface area contributed by atoms with E-state index >= 15 is 0 Å². The molecule has 0 radical (unpaired) electrons. The zero-order valence-corrected chi connectivity index (χ0v) is 18.2. The minimum absolute atomic E-state index is 0.0278. The zero-order chi connectivity index (χ0) is 20.2. The van der Waals surface area contributed by atoms with Crippen molar-refractivity contribution >= 4 is 41.9 Å². The second-order valence-electron chi connectivity index (χ2n) is 5.99. The lowest BCUT2D eigenvalue weighted by molar-refractivity contribution is 0.0697. The van der Waals surface area contributed by atoms with E-state index < -0.39 is 20.0 Å². The van der Waals surface area contributed by atoms with Crippen LogP contribution in [0.4, 0.5) is 0 Å². The lowest BCUT2D eigenvalue weighted by Gasteiger charge is -2.33. The highest BCUT2D eigenvalue weighted by atomic mass is 79.9. The van der Waals surface area contributed by atoms with Gasteiger partial charge in [-0.3, -0.25) is 4.79 Å². The molecule has 2 rings (SSSR count). The molecule has 9 nitrogen and oxygen atoms in total. The number of halogens is 1. The molecule has 0 spiro atoms. The minimum Gasteiger partial charge on any atom is -0.383 e. The standard InChI is InChI=1S/C15H22BrN3O6S2/c1-25-10-5-17-27(23,24)12-3-4-14(16)13(11-12)15(20)18-6-8-19(9-7-18)26(2,21)22/h3-4,11,17H,5-10H2,1-2H3. The van der Waals surface area contributed by atoms with Gasteiger partial charge in [0.15, 0.2) is 0 Å². The molecule has 1 heterocycles. The third-order valence-corrected chi connectivity index (χ3v) is 7.53. The molecule has 0 saturated carbocycles. The van der Waals surface area contributed by atoms with E-state index in [1.165, 1.54) is 34.5 Å². The van der Waals surface area contributed by atoms with Crippen LogP contribution in [0.1, 0.15) is 10.4 Å². The van der Waals surface area contributed by atoms with Crippen molar-refractivity contribution in [2.75, 3.05) is 52.7 Å². The summed E-state index contributed by atoms with van der Waals surface area (Å²) >= 11 is 3.28. The molecule has 0 aromatic heterocycles. The number of carbonyl (C=O) groups excluding carboxylic acids is 1. The van der Waals surface area contributed by atoms with E-state index in [-0.39, 0.29) is 55.7 Å². The molecular formula is C15H22BrN3O6S2. The van der Waals surface area contributed by atoms with E-state index in [1.807, 2.05) is 0 Å². The van der Waals surface area contributed by atoms with E-state index in [9.17, 15) is 21.6 Å². The van der Waals surface area contributed by atoms with Gasteiger partial charge >= 0.3 is 0 Å². The molecule has 1 aromatic carbocycles. The lowest BCUT2D eigenvalue weighted by Crippen LogP contribution is -2.50. The predicted octanol–water partition coefficient (Wildman–Crippen LogP) is 0.0912. The van der Waals surface area contributed by atoms with E-state index in [0.29, 0.717) is 4.47 Å². The van der Waals surface area contributed by atoms with E-state index in [4.69, 9.17) is 4.74 Å². The van der Waals surface area contributed by atoms with E-state index in [1.54, 1.807) is 0 Å². The first-order valence-electron chi connectivity index (χ1n) is 8.09. The molecule has 1 aliphatic rings. The van der Waals surface area contributed by atoms with Crippen LogP contribution >= 0.6 is 15.9 Å². The smallest absolute Gasteiger partial charge is 0.255 e. The number of amides is 1. The molecule has 12 heteroatoms. The SMILES string of the molecule is COCCNS(=O)(=O)c1ccc(Br)c(C(=O)N2CCN(S(C)(=O)=O)CC2)c1. The van der Waals surface area contributed by atoms with Crippen LogP contribution in [0.2, 0.25) is 0 Å². The fraction of sp³-hybridized carbons (Fsp3) is 0.533. The van der Waals surface area contributed by atoms with E-state index in [2.05, 4.69) is 20.7 Å². The summed E-state index contributed by atoms with van der Waals surface area (Å²) in [5.74, 6) is -0.357. The van der Waals surface area contributed by atoms with Crippen LogP contribution in [-0.2, 0) is 24.8 Å². The highest BCUT2D eigenvalue weighted by molar-refractivity contribution is 9.10. The van der Waals surface area contributed by atoms with Crippen molar-refractivity contribution < 1.29 is 26.4 Å². The lowest BCUT2D eigenvalue weighted by atomic mass is 10.2. The third kappa shape index (κ3) is 5.72. The van der Waals surface area contributed by atoms with Crippen molar-refractivity contribution in [2.24, 2.45) is 0 Å². The number of benzene rings is 1. The first-order valence-corrected chi connectivity index (χ1v) is 12.2. The van der Waals surface area contributed by atoms with Crippen LogP contribution in [0.3, 0.4) is 0 Å². The molecule has 0 unspecified atom stereocenters. The quantitative estimate of drug-likeness (QED) is 0.549. The second kappa shape index (κ2) is 8.97. The average Bonchev–Trinajstić information content (AvgIpc) is 2.61. The molecule has 0 aliphatic carbocycles.